The molecule has 1 N–H and O–H groups in total. The lowest BCUT2D eigenvalue weighted by atomic mass is 10.3. The second-order valence-electron chi connectivity index (χ2n) is 2.87. The molecule has 5 heteroatoms. The van der Waals surface area contributed by atoms with Gasteiger partial charge >= 0.3 is 6.09 Å². The number of halogens is 1. The number of carbonyl (C=O) groups excluding carboxylic acids is 1. The summed E-state index contributed by atoms with van der Waals surface area (Å²) in [5.41, 5.74) is 0.527. The van der Waals surface area contributed by atoms with Gasteiger partial charge < -0.3 is 9.84 Å². The Morgan fingerprint density at radius 2 is 2.07 bits per heavy atom. The molecule has 1 rings (SSSR count). The van der Waals surface area contributed by atoms with Crippen LogP contribution in [0.2, 0.25) is 0 Å². The smallest absolute Gasteiger partial charge is 0.414 e. The Labute approximate surface area is 86.9 Å². The van der Waals surface area contributed by atoms with Crippen LogP contribution in [0.3, 0.4) is 0 Å². The number of benzene rings is 1. The highest BCUT2D eigenvalue weighted by Gasteiger charge is 2.11. The molecule has 82 valence electrons. The number of rotatable bonds is 3. The van der Waals surface area contributed by atoms with Crippen molar-refractivity contribution >= 4 is 11.8 Å². The maximum absolute atomic E-state index is 12.6. The zero-order valence-electron chi connectivity index (χ0n) is 8.31. The summed E-state index contributed by atoms with van der Waals surface area (Å²) in [4.78, 5) is 12.5. The summed E-state index contributed by atoms with van der Waals surface area (Å²) >= 11 is 0. The molecule has 15 heavy (non-hydrogen) atoms. The van der Waals surface area contributed by atoms with Gasteiger partial charge in [0.25, 0.3) is 0 Å². The zero-order valence-corrected chi connectivity index (χ0v) is 8.31. The second kappa shape index (κ2) is 5.31. The number of hydrogen-bond acceptors (Lipinski definition) is 3. The summed E-state index contributed by atoms with van der Waals surface area (Å²) in [6.45, 7) is -0.270. The van der Waals surface area contributed by atoms with Gasteiger partial charge in [0, 0.05) is 12.7 Å². The van der Waals surface area contributed by atoms with Crippen molar-refractivity contribution < 1.29 is 19.0 Å². The summed E-state index contributed by atoms with van der Waals surface area (Å²) in [7, 11) is 1.51. The molecule has 0 aliphatic heterocycles. The summed E-state index contributed by atoms with van der Waals surface area (Å²) in [5.74, 6) is -0.365. The number of hydrogen-bond donors (Lipinski definition) is 1. The van der Waals surface area contributed by atoms with E-state index in [0.29, 0.717) is 5.69 Å². The molecule has 0 spiro atoms. The summed E-state index contributed by atoms with van der Waals surface area (Å²) in [6, 6.07) is 5.45. The Balaban J connectivity index is 2.63. The third-order valence-corrected chi connectivity index (χ3v) is 1.80. The van der Waals surface area contributed by atoms with E-state index >= 15 is 0 Å². The van der Waals surface area contributed by atoms with Crippen LogP contribution in [0.25, 0.3) is 0 Å². The van der Waals surface area contributed by atoms with Crippen molar-refractivity contribution in [3.8, 4) is 0 Å². The first-order valence-corrected chi connectivity index (χ1v) is 4.42. The van der Waals surface area contributed by atoms with Crippen molar-refractivity contribution in [2.45, 2.75) is 0 Å². The largest absolute Gasteiger partial charge is 0.447 e. The number of anilines is 1. The number of aliphatic hydroxyl groups is 1. The third-order valence-electron chi connectivity index (χ3n) is 1.80. The molecule has 0 radical (unpaired) electrons. The van der Waals surface area contributed by atoms with Crippen molar-refractivity contribution in [3.63, 3.8) is 0 Å². The molecule has 1 aromatic carbocycles. The van der Waals surface area contributed by atoms with Gasteiger partial charge in [-0.25, -0.2) is 9.18 Å². The quantitative estimate of drug-likeness (QED) is 0.825. The summed E-state index contributed by atoms with van der Waals surface area (Å²) in [6.07, 6.45) is -0.587. The fourth-order valence-corrected chi connectivity index (χ4v) is 1.000. The van der Waals surface area contributed by atoms with Gasteiger partial charge in [-0.15, -0.1) is 0 Å². The van der Waals surface area contributed by atoms with E-state index in [1.807, 2.05) is 0 Å². The van der Waals surface area contributed by atoms with Gasteiger partial charge in [0.15, 0.2) is 0 Å². The van der Waals surface area contributed by atoms with Crippen LogP contribution in [0, 0.1) is 5.82 Å². The molecule has 0 atom stereocenters. The van der Waals surface area contributed by atoms with E-state index in [2.05, 4.69) is 4.74 Å². The average Bonchev–Trinajstić information content (AvgIpc) is 2.26. The predicted molar refractivity (Wildman–Crippen MR) is 53.2 cm³/mol. The molecule has 0 heterocycles. The SMILES string of the molecule is CN(C(=O)OCCO)c1ccc(F)cc1. The van der Waals surface area contributed by atoms with Gasteiger partial charge in [0.05, 0.1) is 6.61 Å². The molecule has 4 nitrogen and oxygen atoms in total. The molecule has 1 amide bonds. The van der Waals surface area contributed by atoms with E-state index in [1.54, 1.807) is 0 Å². The fourth-order valence-electron chi connectivity index (χ4n) is 1.000. The highest BCUT2D eigenvalue weighted by molar-refractivity contribution is 5.86. The van der Waals surface area contributed by atoms with E-state index in [0.717, 1.165) is 0 Å². The lowest BCUT2D eigenvalue weighted by molar-refractivity contribution is 0.126. The Morgan fingerprint density at radius 1 is 1.47 bits per heavy atom. The van der Waals surface area contributed by atoms with Crippen molar-refractivity contribution in [1.29, 1.82) is 0 Å². The molecular formula is C10H12FNO3. The Bertz CT molecular complexity index is 326. The molecule has 0 saturated carbocycles. The Hall–Kier alpha value is -1.62. The monoisotopic (exact) mass is 213 g/mol. The molecule has 1 aromatic rings. The van der Waals surface area contributed by atoms with Crippen LogP contribution < -0.4 is 4.90 Å². The minimum absolute atomic E-state index is 0.0512. The first-order chi connectivity index (χ1) is 7.15. The van der Waals surface area contributed by atoms with Gasteiger partial charge in [-0.05, 0) is 24.3 Å². The van der Waals surface area contributed by atoms with Crippen LogP contribution in [0.1, 0.15) is 0 Å². The molecule has 0 bridgehead atoms. The minimum Gasteiger partial charge on any atom is -0.447 e. The molecule has 0 aliphatic rings. The van der Waals surface area contributed by atoms with Gasteiger partial charge in [0.2, 0.25) is 0 Å². The molecule has 0 unspecified atom stereocenters. The topological polar surface area (TPSA) is 49.8 Å². The predicted octanol–water partition coefficient (Wildman–Crippen LogP) is 1.39. The standard InChI is InChI=1S/C10H12FNO3/c1-12(10(14)15-7-6-13)9-4-2-8(11)3-5-9/h2-5,13H,6-7H2,1H3. The first-order valence-electron chi connectivity index (χ1n) is 4.42. The second-order valence-corrected chi connectivity index (χ2v) is 2.87. The molecule has 0 aliphatic carbocycles. The van der Waals surface area contributed by atoms with Gasteiger partial charge in [-0.1, -0.05) is 0 Å². The van der Waals surface area contributed by atoms with Crippen molar-refractivity contribution in [2.24, 2.45) is 0 Å². The van der Waals surface area contributed by atoms with Gasteiger partial charge in [0.1, 0.15) is 12.4 Å². The normalized spacial score (nSPS) is 9.80. The first kappa shape index (κ1) is 11.5. The fraction of sp³-hybridized carbons (Fsp3) is 0.300. The van der Waals surface area contributed by atoms with E-state index < -0.39 is 6.09 Å². The van der Waals surface area contributed by atoms with E-state index in [9.17, 15) is 9.18 Å². The van der Waals surface area contributed by atoms with Crippen molar-refractivity contribution in [1.82, 2.24) is 0 Å². The molecule has 0 fully saturated rings. The zero-order chi connectivity index (χ0) is 11.3. The van der Waals surface area contributed by atoms with E-state index in [1.165, 1.54) is 36.2 Å². The van der Waals surface area contributed by atoms with Crippen LogP contribution in [-0.2, 0) is 4.74 Å². The average molecular weight is 213 g/mol. The van der Waals surface area contributed by atoms with Crippen LogP contribution in [-0.4, -0.2) is 31.5 Å². The van der Waals surface area contributed by atoms with Crippen LogP contribution >= 0.6 is 0 Å². The summed E-state index contributed by atoms with van der Waals surface area (Å²) in [5, 5.41) is 8.46. The summed E-state index contributed by atoms with van der Waals surface area (Å²) < 4.78 is 17.3. The van der Waals surface area contributed by atoms with Crippen LogP contribution in [0.4, 0.5) is 14.9 Å². The third kappa shape index (κ3) is 3.21. The number of nitrogens with zero attached hydrogens (tertiary/aromatic N) is 1. The molecular weight excluding hydrogens is 201 g/mol. The van der Waals surface area contributed by atoms with Crippen LogP contribution in [0.5, 0.6) is 0 Å². The van der Waals surface area contributed by atoms with E-state index in [4.69, 9.17) is 5.11 Å². The van der Waals surface area contributed by atoms with Gasteiger partial charge in [-0.2, -0.15) is 0 Å². The lowest BCUT2D eigenvalue weighted by Gasteiger charge is -2.16. The maximum atomic E-state index is 12.6. The van der Waals surface area contributed by atoms with Crippen LogP contribution in [0.15, 0.2) is 24.3 Å². The highest BCUT2D eigenvalue weighted by Crippen LogP contribution is 2.13. The number of aliphatic hydroxyl groups excluding tert-OH is 1. The van der Waals surface area contributed by atoms with E-state index in [-0.39, 0.29) is 19.0 Å². The minimum atomic E-state index is -0.587. The Kier molecular flexibility index (Phi) is 4.05. The number of ether oxygens (including phenoxy) is 1. The lowest BCUT2D eigenvalue weighted by Crippen LogP contribution is -2.27. The number of amides is 1. The highest BCUT2D eigenvalue weighted by atomic mass is 19.1. The van der Waals surface area contributed by atoms with Crippen molar-refractivity contribution in [2.75, 3.05) is 25.2 Å². The van der Waals surface area contributed by atoms with Crippen molar-refractivity contribution in [3.05, 3.63) is 30.1 Å². The molecule has 0 aromatic heterocycles. The molecule has 0 saturated heterocycles. The Morgan fingerprint density at radius 3 is 2.60 bits per heavy atom. The maximum Gasteiger partial charge on any atom is 0.414 e. The number of carbonyl (C=O) groups is 1. The van der Waals surface area contributed by atoms with Gasteiger partial charge in [-0.3, -0.25) is 4.90 Å².